The molecule has 1 aromatic heterocycles. The van der Waals surface area contributed by atoms with Gasteiger partial charge in [-0.15, -0.1) is 11.3 Å². The molecule has 1 atom stereocenters. The molecule has 0 aromatic carbocycles. The van der Waals surface area contributed by atoms with Gasteiger partial charge < -0.3 is 9.64 Å². The Kier molecular flexibility index (Phi) is 2.35. The van der Waals surface area contributed by atoms with Crippen LogP contribution in [0.3, 0.4) is 0 Å². The fourth-order valence-corrected chi connectivity index (χ4v) is 3.52. The average molecular weight is 238 g/mol. The Morgan fingerprint density at radius 1 is 1.56 bits per heavy atom. The summed E-state index contributed by atoms with van der Waals surface area (Å²) in [6, 6.07) is -0.101. The third kappa shape index (κ3) is 1.42. The Morgan fingerprint density at radius 2 is 2.44 bits per heavy atom. The summed E-state index contributed by atoms with van der Waals surface area (Å²) in [5.74, 6) is -0.137. The van der Waals surface area contributed by atoms with Crippen molar-refractivity contribution < 1.29 is 9.53 Å². The maximum Gasteiger partial charge on any atom is 0.328 e. The highest BCUT2D eigenvalue weighted by Gasteiger charge is 2.37. The van der Waals surface area contributed by atoms with E-state index in [4.69, 9.17) is 4.74 Å². The molecular formula is C11H14N2O2S. The van der Waals surface area contributed by atoms with Gasteiger partial charge in [-0.3, -0.25) is 0 Å². The highest BCUT2D eigenvalue weighted by molar-refractivity contribution is 7.15. The Balaban J connectivity index is 1.80. The van der Waals surface area contributed by atoms with Gasteiger partial charge in [-0.2, -0.15) is 0 Å². The molecule has 1 aliphatic heterocycles. The summed E-state index contributed by atoms with van der Waals surface area (Å²) >= 11 is 1.74. The van der Waals surface area contributed by atoms with Crippen molar-refractivity contribution in [2.45, 2.75) is 31.7 Å². The number of fused-ring (bicyclic) bond motifs is 1. The van der Waals surface area contributed by atoms with Gasteiger partial charge in [0.1, 0.15) is 6.04 Å². The molecule has 0 N–H and O–H groups in total. The number of hydrogen-bond acceptors (Lipinski definition) is 5. The van der Waals surface area contributed by atoms with E-state index in [2.05, 4.69) is 9.88 Å². The van der Waals surface area contributed by atoms with E-state index >= 15 is 0 Å². The molecule has 1 aliphatic carbocycles. The number of aromatic nitrogens is 1. The van der Waals surface area contributed by atoms with E-state index in [-0.39, 0.29) is 12.0 Å². The van der Waals surface area contributed by atoms with Crippen molar-refractivity contribution in [3.05, 3.63) is 10.6 Å². The molecule has 2 heterocycles. The minimum atomic E-state index is -0.137. The summed E-state index contributed by atoms with van der Waals surface area (Å²) < 4.78 is 4.78. The molecule has 2 aliphatic rings. The molecule has 0 amide bonds. The number of esters is 1. The summed E-state index contributed by atoms with van der Waals surface area (Å²) in [7, 11) is 1.45. The van der Waals surface area contributed by atoms with Crippen LogP contribution in [0, 0.1) is 0 Å². The van der Waals surface area contributed by atoms with Crippen LogP contribution in [0.2, 0.25) is 0 Å². The number of ether oxygens (including phenoxy) is 1. The van der Waals surface area contributed by atoms with E-state index in [1.54, 1.807) is 11.3 Å². The second kappa shape index (κ2) is 3.73. The highest BCUT2D eigenvalue weighted by atomic mass is 32.1. The lowest BCUT2D eigenvalue weighted by Gasteiger charge is -2.38. The first-order chi connectivity index (χ1) is 7.79. The molecule has 0 radical (unpaired) electrons. The van der Waals surface area contributed by atoms with Gasteiger partial charge in [0.25, 0.3) is 0 Å². The molecule has 1 unspecified atom stereocenters. The molecule has 1 saturated heterocycles. The van der Waals surface area contributed by atoms with Crippen LogP contribution in [-0.4, -0.2) is 30.6 Å². The topological polar surface area (TPSA) is 42.4 Å². The molecule has 0 saturated carbocycles. The minimum absolute atomic E-state index is 0.101. The Morgan fingerprint density at radius 3 is 3.06 bits per heavy atom. The van der Waals surface area contributed by atoms with E-state index in [1.807, 2.05) is 0 Å². The maximum absolute atomic E-state index is 11.5. The Hall–Kier alpha value is -1.10. The fourth-order valence-electron chi connectivity index (χ4n) is 2.30. The van der Waals surface area contributed by atoms with E-state index < -0.39 is 0 Å². The zero-order valence-electron chi connectivity index (χ0n) is 9.23. The minimum Gasteiger partial charge on any atom is -0.467 e. The van der Waals surface area contributed by atoms with Crippen molar-refractivity contribution in [1.29, 1.82) is 0 Å². The Bertz CT molecular complexity index is 408. The van der Waals surface area contributed by atoms with Crippen LogP contribution in [0.4, 0.5) is 5.13 Å². The molecule has 5 heteroatoms. The van der Waals surface area contributed by atoms with Crippen molar-refractivity contribution in [2.24, 2.45) is 0 Å². The Labute approximate surface area is 98.2 Å². The van der Waals surface area contributed by atoms with Crippen LogP contribution < -0.4 is 4.90 Å². The van der Waals surface area contributed by atoms with Crippen LogP contribution in [0.15, 0.2) is 0 Å². The normalized spacial score (nSPS) is 22.8. The molecule has 0 spiro atoms. The van der Waals surface area contributed by atoms with E-state index in [0.29, 0.717) is 0 Å². The molecule has 0 bridgehead atoms. The van der Waals surface area contributed by atoms with Crippen molar-refractivity contribution in [3.8, 4) is 0 Å². The van der Waals surface area contributed by atoms with Crippen molar-refractivity contribution in [3.63, 3.8) is 0 Å². The maximum atomic E-state index is 11.5. The number of nitrogens with zero attached hydrogens (tertiary/aromatic N) is 2. The summed E-state index contributed by atoms with van der Waals surface area (Å²) in [4.78, 5) is 19.6. The first-order valence-electron chi connectivity index (χ1n) is 5.62. The quantitative estimate of drug-likeness (QED) is 0.730. The van der Waals surface area contributed by atoms with E-state index in [1.165, 1.54) is 24.1 Å². The summed E-state index contributed by atoms with van der Waals surface area (Å²) in [6.07, 6.45) is 4.37. The van der Waals surface area contributed by atoms with Crippen molar-refractivity contribution in [1.82, 2.24) is 4.98 Å². The first-order valence-corrected chi connectivity index (χ1v) is 6.44. The predicted octanol–water partition coefficient (Wildman–Crippen LogP) is 1.38. The van der Waals surface area contributed by atoms with Crippen LogP contribution in [0.1, 0.15) is 23.4 Å². The molecule has 4 nitrogen and oxygen atoms in total. The zero-order valence-corrected chi connectivity index (χ0v) is 10.0. The first kappa shape index (κ1) is 10.1. The molecule has 86 valence electrons. The van der Waals surface area contributed by atoms with Gasteiger partial charge in [0.05, 0.1) is 12.8 Å². The number of aryl methyl sites for hydroxylation is 2. The van der Waals surface area contributed by atoms with Crippen molar-refractivity contribution >= 4 is 22.4 Å². The van der Waals surface area contributed by atoms with Gasteiger partial charge in [0, 0.05) is 11.4 Å². The molecule has 3 rings (SSSR count). The SMILES string of the molecule is COC(=O)C1CCN1c1nc2c(s1)CCC2. The summed E-state index contributed by atoms with van der Waals surface area (Å²) in [5, 5.41) is 1.01. The van der Waals surface area contributed by atoms with Crippen molar-refractivity contribution in [2.75, 3.05) is 18.6 Å². The monoisotopic (exact) mass is 238 g/mol. The second-order valence-electron chi connectivity index (χ2n) is 4.24. The lowest BCUT2D eigenvalue weighted by molar-refractivity contribution is -0.143. The van der Waals surface area contributed by atoms with Gasteiger partial charge in [-0.1, -0.05) is 0 Å². The molecule has 16 heavy (non-hydrogen) atoms. The zero-order chi connectivity index (χ0) is 11.1. The number of rotatable bonds is 2. The highest BCUT2D eigenvalue weighted by Crippen LogP contribution is 2.36. The standard InChI is InChI=1S/C11H14N2O2S/c1-15-10(14)8-5-6-13(8)11-12-7-3-2-4-9(7)16-11/h8H,2-6H2,1H3. The summed E-state index contributed by atoms with van der Waals surface area (Å²) in [6.45, 7) is 0.923. The largest absolute Gasteiger partial charge is 0.467 e. The van der Waals surface area contributed by atoms with Gasteiger partial charge in [-0.05, 0) is 25.7 Å². The third-order valence-electron chi connectivity index (χ3n) is 3.32. The van der Waals surface area contributed by atoms with Gasteiger partial charge in [-0.25, -0.2) is 9.78 Å². The molecule has 1 aromatic rings. The smallest absolute Gasteiger partial charge is 0.328 e. The van der Waals surface area contributed by atoms with Crippen LogP contribution in [-0.2, 0) is 22.4 Å². The van der Waals surface area contributed by atoms with E-state index in [9.17, 15) is 4.79 Å². The van der Waals surface area contributed by atoms with Crippen LogP contribution in [0.5, 0.6) is 0 Å². The molecule has 1 fully saturated rings. The summed E-state index contributed by atoms with van der Waals surface area (Å²) in [5.41, 5.74) is 1.25. The predicted molar refractivity (Wildman–Crippen MR) is 61.9 cm³/mol. The number of carbonyl (C=O) groups is 1. The fraction of sp³-hybridized carbons (Fsp3) is 0.636. The number of hydrogen-bond donors (Lipinski definition) is 0. The van der Waals surface area contributed by atoms with Crippen LogP contribution >= 0.6 is 11.3 Å². The van der Waals surface area contributed by atoms with Gasteiger partial charge in [0.2, 0.25) is 0 Å². The number of thiazole rings is 1. The molecular weight excluding hydrogens is 224 g/mol. The van der Waals surface area contributed by atoms with E-state index in [0.717, 1.165) is 30.9 Å². The number of methoxy groups -OCH3 is 1. The van der Waals surface area contributed by atoms with Gasteiger partial charge in [0.15, 0.2) is 5.13 Å². The average Bonchev–Trinajstić information content (AvgIpc) is 2.76. The van der Waals surface area contributed by atoms with Gasteiger partial charge >= 0.3 is 5.97 Å². The number of anilines is 1. The number of carbonyl (C=O) groups excluding carboxylic acids is 1. The van der Waals surface area contributed by atoms with Crippen LogP contribution in [0.25, 0.3) is 0 Å². The second-order valence-corrected chi connectivity index (χ2v) is 5.30. The third-order valence-corrected chi connectivity index (χ3v) is 4.52. The lowest BCUT2D eigenvalue weighted by atomic mass is 10.1. The lowest BCUT2D eigenvalue weighted by Crippen LogP contribution is -2.53.